The number of amides is 1. The summed E-state index contributed by atoms with van der Waals surface area (Å²) in [6, 6.07) is 10.4. The van der Waals surface area contributed by atoms with Crippen molar-refractivity contribution in [3.8, 4) is 11.5 Å². The van der Waals surface area contributed by atoms with Gasteiger partial charge in [-0.05, 0) is 43.0 Å². The van der Waals surface area contributed by atoms with Crippen molar-refractivity contribution in [1.82, 2.24) is 24.7 Å². The first-order valence-electron chi connectivity index (χ1n) is 12.2. The summed E-state index contributed by atoms with van der Waals surface area (Å²) in [6.07, 6.45) is -3.54. The first-order valence-corrected chi connectivity index (χ1v) is 12.2. The molecule has 1 aliphatic heterocycles. The number of carbonyl (C=O) groups is 2. The van der Waals surface area contributed by atoms with Crippen LogP contribution in [-0.4, -0.2) is 47.9 Å². The van der Waals surface area contributed by atoms with E-state index >= 15 is 0 Å². The maximum absolute atomic E-state index is 13.2. The van der Waals surface area contributed by atoms with Crippen molar-refractivity contribution in [2.24, 2.45) is 0 Å². The monoisotopic (exact) mass is 539 g/mol. The summed E-state index contributed by atoms with van der Waals surface area (Å²) in [5.41, 5.74) is 7.69. The molecular weight excluding hydrogens is 515 g/mol. The number of halogens is 3. The van der Waals surface area contributed by atoms with E-state index in [1.54, 1.807) is 43.3 Å². The lowest BCUT2D eigenvalue weighted by Crippen LogP contribution is -2.33. The molecule has 3 aromatic heterocycles. The van der Waals surface area contributed by atoms with Crippen LogP contribution < -0.4 is 11.1 Å². The normalized spacial score (nSPS) is 16.9. The summed E-state index contributed by atoms with van der Waals surface area (Å²) in [4.78, 5) is 37.4. The smallest absolute Gasteiger partial charge is 0.389 e. The van der Waals surface area contributed by atoms with E-state index in [-0.39, 0.29) is 48.4 Å². The van der Waals surface area contributed by atoms with Gasteiger partial charge in [-0.2, -0.15) is 18.3 Å². The number of rotatable bonds is 8. The Kier molecular flexibility index (Phi) is 6.44. The average Bonchev–Trinajstić information content (AvgIpc) is 3.37. The Morgan fingerprint density at radius 1 is 1.18 bits per heavy atom. The second-order valence-electron chi connectivity index (χ2n) is 9.49. The van der Waals surface area contributed by atoms with E-state index in [1.807, 2.05) is 0 Å². The molecule has 1 amide bonds. The van der Waals surface area contributed by atoms with E-state index in [2.05, 4.69) is 25.4 Å². The van der Waals surface area contributed by atoms with Crippen LogP contribution in [0.5, 0.6) is 0 Å². The molecule has 39 heavy (non-hydrogen) atoms. The predicted octanol–water partition coefficient (Wildman–Crippen LogP) is 4.09. The van der Waals surface area contributed by atoms with E-state index in [4.69, 9.17) is 10.8 Å². The average molecular weight is 540 g/mol. The zero-order chi connectivity index (χ0) is 27.9. The van der Waals surface area contributed by atoms with E-state index in [0.717, 1.165) is 5.56 Å². The number of nitrogens with one attached hydrogen (secondary N) is 1. The number of nitrogen functional groups attached to an aromatic ring is 1. The molecule has 1 unspecified atom stereocenters. The highest BCUT2D eigenvalue weighted by Gasteiger charge is 2.47. The molecular formula is C26H24F3N7O3. The van der Waals surface area contributed by atoms with Gasteiger partial charge in [0.1, 0.15) is 22.7 Å². The molecule has 0 aliphatic carbocycles. The number of benzene rings is 1. The van der Waals surface area contributed by atoms with Gasteiger partial charge in [0.2, 0.25) is 5.91 Å². The molecule has 0 radical (unpaired) electrons. The third-order valence-electron chi connectivity index (χ3n) is 6.83. The number of aliphatic carboxylic acids is 1. The van der Waals surface area contributed by atoms with Crippen molar-refractivity contribution >= 4 is 34.5 Å². The second-order valence-corrected chi connectivity index (χ2v) is 9.49. The molecule has 1 aliphatic rings. The molecule has 0 fully saturated rings. The number of fused-ring (bicyclic) bond motifs is 2. The van der Waals surface area contributed by atoms with Crippen LogP contribution >= 0.6 is 0 Å². The fraction of sp³-hybridized carbons (Fsp3) is 0.308. The number of carbonyl (C=O) groups excluding carboxylic acids is 1. The lowest BCUT2D eigenvalue weighted by atomic mass is 9.77. The van der Waals surface area contributed by atoms with Crippen LogP contribution in [0.4, 0.5) is 24.8 Å². The number of nitrogens with two attached hydrogens (primary N) is 1. The summed E-state index contributed by atoms with van der Waals surface area (Å²) in [5, 5.41) is 16.7. The standard InChI is InChI=1S/C26H24F3N7O3/c1-25(15-8-5-14(6-9-15)7-10-17(37)38)18-20(30)32-22(33-21(18)34-24(25)39)19-16-4-2-12-31-23(16)36(35-19)13-3-11-26(27,28)29/h2,4-6,8-9,12H,3,7,10-11,13H2,1H3,(H,37,38)(H3,30,32,33,34,39). The highest BCUT2D eigenvalue weighted by Crippen LogP contribution is 2.45. The highest BCUT2D eigenvalue weighted by molar-refractivity contribution is 6.09. The van der Waals surface area contributed by atoms with Crippen molar-refractivity contribution < 1.29 is 27.9 Å². The topological polar surface area (TPSA) is 149 Å². The van der Waals surface area contributed by atoms with Gasteiger partial charge in [-0.15, -0.1) is 0 Å². The van der Waals surface area contributed by atoms with Gasteiger partial charge in [0.05, 0.1) is 10.9 Å². The van der Waals surface area contributed by atoms with Gasteiger partial charge in [0.25, 0.3) is 0 Å². The SMILES string of the molecule is CC1(c2ccc(CCC(=O)O)cc2)C(=O)Nc2nc(-c3nn(CCCC(F)(F)F)c4ncccc34)nc(N)c21. The number of hydrogen-bond acceptors (Lipinski definition) is 7. The molecule has 4 N–H and O–H groups in total. The molecule has 13 heteroatoms. The van der Waals surface area contributed by atoms with Gasteiger partial charge in [0.15, 0.2) is 11.5 Å². The third-order valence-corrected chi connectivity index (χ3v) is 6.83. The molecule has 4 heterocycles. The third kappa shape index (κ3) is 4.87. The van der Waals surface area contributed by atoms with Gasteiger partial charge >= 0.3 is 12.1 Å². The van der Waals surface area contributed by atoms with Gasteiger partial charge < -0.3 is 16.2 Å². The van der Waals surface area contributed by atoms with Gasteiger partial charge in [-0.25, -0.2) is 19.6 Å². The highest BCUT2D eigenvalue weighted by atomic mass is 19.4. The van der Waals surface area contributed by atoms with Crippen LogP contribution in [0.1, 0.15) is 42.9 Å². The number of aromatic nitrogens is 5. The first-order chi connectivity index (χ1) is 18.5. The largest absolute Gasteiger partial charge is 0.481 e. The second kappa shape index (κ2) is 9.64. The van der Waals surface area contributed by atoms with Crippen molar-refractivity contribution in [2.45, 2.75) is 50.7 Å². The Labute approximate surface area is 220 Å². The fourth-order valence-electron chi connectivity index (χ4n) is 4.80. The minimum atomic E-state index is -4.28. The number of hydrogen-bond donors (Lipinski definition) is 3. The van der Waals surface area contributed by atoms with Crippen molar-refractivity contribution in [1.29, 1.82) is 0 Å². The first kappa shape index (κ1) is 26.1. The van der Waals surface area contributed by atoms with Crippen molar-refractivity contribution in [3.05, 3.63) is 59.3 Å². The Hall–Kier alpha value is -4.55. The van der Waals surface area contributed by atoms with Crippen LogP contribution in [0.25, 0.3) is 22.6 Å². The minimum Gasteiger partial charge on any atom is -0.481 e. The Morgan fingerprint density at radius 2 is 1.92 bits per heavy atom. The lowest BCUT2D eigenvalue weighted by molar-refractivity contribution is -0.137. The number of carboxylic acids is 1. The van der Waals surface area contributed by atoms with Crippen LogP contribution in [0, 0.1) is 0 Å². The van der Waals surface area contributed by atoms with E-state index in [9.17, 15) is 22.8 Å². The molecule has 4 aromatic rings. The minimum absolute atomic E-state index is 0.00814. The summed E-state index contributed by atoms with van der Waals surface area (Å²) < 4.78 is 39.4. The number of pyridine rings is 1. The summed E-state index contributed by atoms with van der Waals surface area (Å²) >= 11 is 0. The van der Waals surface area contributed by atoms with Crippen molar-refractivity contribution in [3.63, 3.8) is 0 Å². The molecule has 0 bridgehead atoms. The van der Waals surface area contributed by atoms with Gasteiger partial charge in [-0.1, -0.05) is 24.3 Å². The maximum atomic E-state index is 13.2. The molecule has 5 rings (SSSR count). The summed E-state index contributed by atoms with van der Waals surface area (Å²) in [5.74, 6) is -0.894. The Bertz CT molecular complexity index is 1580. The lowest BCUT2D eigenvalue weighted by Gasteiger charge is -2.23. The Morgan fingerprint density at radius 3 is 2.62 bits per heavy atom. The number of anilines is 2. The Balaban J connectivity index is 1.51. The zero-order valence-electron chi connectivity index (χ0n) is 20.8. The molecule has 1 atom stereocenters. The number of carboxylic acid groups (broad SMARTS) is 1. The van der Waals surface area contributed by atoms with Crippen LogP contribution in [0.3, 0.4) is 0 Å². The van der Waals surface area contributed by atoms with Gasteiger partial charge in [-0.3, -0.25) is 9.59 Å². The van der Waals surface area contributed by atoms with Gasteiger partial charge in [0, 0.05) is 25.6 Å². The van der Waals surface area contributed by atoms with Crippen LogP contribution in [0.15, 0.2) is 42.6 Å². The number of nitrogens with zero attached hydrogens (tertiary/aromatic N) is 5. The maximum Gasteiger partial charge on any atom is 0.389 e. The predicted molar refractivity (Wildman–Crippen MR) is 136 cm³/mol. The quantitative estimate of drug-likeness (QED) is 0.303. The number of aryl methyl sites for hydroxylation is 2. The van der Waals surface area contributed by atoms with E-state index < -0.39 is 24.0 Å². The molecule has 0 spiro atoms. The fourth-order valence-corrected chi connectivity index (χ4v) is 4.80. The van der Waals surface area contributed by atoms with Crippen LogP contribution in [0.2, 0.25) is 0 Å². The number of alkyl halides is 3. The molecule has 202 valence electrons. The molecule has 0 saturated heterocycles. The summed E-state index contributed by atoms with van der Waals surface area (Å²) in [6.45, 7) is 1.69. The molecule has 0 saturated carbocycles. The molecule has 10 nitrogen and oxygen atoms in total. The zero-order valence-corrected chi connectivity index (χ0v) is 20.8. The van der Waals surface area contributed by atoms with E-state index in [0.29, 0.717) is 28.6 Å². The van der Waals surface area contributed by atoms with Crippen LogP contribution in [-0.2, 0) is 28.0 Å². The van der Waals surface area contributed by atoms with E-state index in [1.165, 1.54) is 10.9 Å². The molecule has 1 aromatic carbocycles. The summed E-state index contributed by atoms with van der Waals surface area (Å²) in [7, 11) is 0. The van der Waals surface area contributed by atoms with Crippen molar-refractivity contribution in [2.75, 3.05) is 11.1 Å².